The van der Waals surface area contributed by atoms with Gasteiger partial charge in [0, 0.05) is 44.5 Å². The molecule has 2 aromatic rings. The summed E-state index contributed by atoms with van der Waals surface area (Å²) in [7, 11) is 0. The molecule has 1 amide bonds. The number of hydrogen-bond acceptors (Lipinski definition) is 5. The van der Waals surface area contributed by atoms with E-state index in [1.165, 1.54) is 18.5 Å². The lowest BCUT2D eigenvalue weighted by atomic mass is 9.79. The van der Waals surface area contributed by atoms with Gasteiger partial charge >= 0.3 is 0 Å². The molecule has 6 nitrogen and oxygen atoms in total. The average Bonchev–Trinajstić information content (AvgIpc) is 2.80. The van der Waals surface area contributed by atoms with Gasteiger partial charge in [-0.1, -0.05) is 24.3 Å². The van der Waals surface area contributed by atoms with Crippen LogP contribution in [0.1, 0.15) is 31.2 Å². The van der Waals surface area contributed by atoms with E-state index in [9.17, 15) is 4.79 Å². The van der Waals surface area contributed by atoms with Crippen LogP contribution in [-0.2, 0) is 11.3 Å². The number of fused-ring (bicyclic) bond motifs is 2. The first-order chi connectivity index (χ1) is 15.3. The SMILES string of the molecule is Cl.O=C(CCC[C@H]1NCC2CC1CN(Cc1cccnc1)C2)NCCOc1ccccc1. The molecule has 3 atom stereocenters. The quantitative estimate of drug-likeness (QED) is 0.535. The third-order valence-electron chi connectivity index (χ3n) is 6.37. The Morgan fingerprint density at radius 2 is 2.06 bits per heavy atom. The molecule has 174 valence electrons. The maximum atomic E-state index is 12.2. The summed E-state index contributed by atoms with van der Waals surface area (Å²) in [6, 6.07) is 14.4. The monoisotopic (exact) mass is 458 g/mol. The second-order valence-corrected chi connectivity index (χ2v) is 8.84. The van der Waals surface area contributed by atoms with Crippen LogP contribution >= 0.6 is 12.4 Å². The van der Waals surface area contributed by atoms with Gasteiger partial charge in [-0.3, -0.25) is 14.7 Å². The number of nitrogens with one attached hydrogen (secondary N) is 2. The summed E-state index contributed by atoms with van der Waals surface area (Å²) < 4.78 is 5.62. The maximum absolute atomic E-state index is 12.2. The summed E-state index contributed by atoms with van der Waals surface area (Å²) in [6.07, 6.45) is 7.69. The first kappa shape index (κ1) is 24.5. The third-order valence-corrected chi connectivity index (χ3v) is 6.37. The highest BCUT2D eigenvalue weighted by Gasteiger charge is 2.36. The van der Waals surface area contributed by atoms with Crippen LogP contribution in [0.25, 0.3) is 0 Å². The number of likely N-dealkylation sites (tertiary alicyclic amines) is 1. The van der Waals surface area contributed by atoms with Gasteiger partial charge < -0.3 is 15.4 Å². The Bertz CT molecular complexity index is 808. The van der Waals surface area contributed by atoms with E-state index in [2.05, 4.69) is 26.6 Å². The Morgan fingerprint density at radius 1 is 1.19 bits per heavy atom. The van der Waals surface area contributed by atoms with Gasteiger partial charge in [0.15, 0.2) is 0 Å². The Hall–Kier alpha value is -2.15. The number of pyridine rings is 1. The third kappa shape index (κ3) is 7.47. The largest absolute Gasteiger partial charge is 0.492 e. The fourth-order valence-corrected chi connectivity index (χ4v) is 4.94. The van der Waals surface area contributed by atoms with E-state index in [-0.39, 0.29) is 18.3 Å². The van der Waals surface area contributed by atoms with E-state index in [0.717, 1.165) is 44.1 Å². The average molecular weight is 459 g/mol. The molecule has 2 aliphatic heterocycles. The summed E-state index contributed by atoms with van der Waals surface area (Å²) in [5.41, 5.74) is 1.29. The predicted octanol–water partition coefficient (Wildman–Crippen LogP) is 3.28. The van der Waals surface area contributed by atoms with Crippen molar-refractivity contribution in [1.29, 1.82) is 0 Å². The first-order valence-electron chi connectivity index (χ1n) is 11.6. The summed E-state index contributed by atoms with van der Waals surface area (Å²) in [5, 5.41) is 6.73. The van der Waals surface area contributed by atoms with E-state index in [4.69, 9.17) is 4.74 Å². The fraction of sp³-hybridized carbons (Fsp3) is 0.520. The van der Waals surface area contributed by atoms with Crippen molar-refractivity contribution in [3.05, 3.63) is 60.4 Å². The molecule has 4 rings (SSSR count). The lowest BCUT2D eigenvalue weighted by Crippen LogP contribution is -2.55. The molecule has 2 fully saturated rings. The summed E-state index contributed by atoms with van der Waals surface area (Å²) in [4.78, 5) is 19.0. The number of nitrogens with zero attached hydrogens (tertiary/aromatic N) is 2. The van der Waals surface area contributed by atoms with Crippen molar-refractivity contribution < 1.29 is 9.53 Å². The number of piperidine rings is 2. The Morgan fingerprint density at radius 3 is 2.88 bits per heavy atom. The van der Waals surface area contributed by atoms with Crippen molar-refractivity contribution in [2.45, 2.75) is 38.3 Å². The molecule has 7 heteroatoms. The van der Waals surface area contributed by atoms with Crippen LogP contribution < -0.4 is 15.4 Å². The van der Waals surface area contributed by atoms with Gasteiger partial charge in [-0.25, -0.2) is 0 Å². The highest BCUT2D eigenvalue weighted by atomic mass is 35.5. The molecule has 2 unspecified atom stereocenters. The number of hydrogen-bond donors (Lipinski definition) is 2. The number of carbonyl (C=O) groups is 1. The van der Waals surface area contributed by atoms with Crippen LogP contribution in [0.4, 0.5) is 0 Å². The van der Waals surface area contributed by atoms with E-state index < -0.39 is 0 Å². The molecule has 2 aliphatic rings. The molecule has 32 heavy (non-hydrogen) atoms. The second-order valence-electron chi connectivity index (χ2n) is 8.84. The van der Waals surface area contributed by atoms with Crippen LogP contribution in [-0.4, -0.2) is 54.6 Å². The van der Waals surface area contributed by atoms with Crippen molar-refractivity contribution in [3.8, 4) is 5.75 Å². The Kier molecular flexibility index (Phi) is 9.78. The molecular weight excluding hydrogens is 424 g/mol. The van der Waals surface area contributed by atoms with Crippen LogP contribution in [0.15, 0.2) is 54.9 Å². The standard InChI is InChI=1S/C25H34N4O2.ClH/c30-25(27-12-13-31-23-7-2-1-3-8-23)10-4-9-24-22-14-21(16-28-24)18-29(19-22)17-20-6-5-11-26-15-20;/h1-3,5-8,11,15,21-22,24,28H,4,9-10,12-14,16-19H2,(H,27,30);1H/t21?,22?,24-;/m1./s1. The fourth-order valence-electron chi connectivity index (χ4n) is 4.94. The van der Waals surface area contributed by atoms with Gasteiger partial charge in [0.05, 0.1) is 6.54 Å². The molecular formula is C25H35ClN4O2. The lowest BCUT2D eigenvalue weighted by Gasteiger charge is -2.46. The summed E-state index contributed by atoms with van der Waals surface area (Å²) >= 11 is 0. The van der Waals surface area contributed by atoms with Gasteiger partial charge in [-0.05, 0) is 61.4 Å². The van der Waals surface area contributed by atoms with Gasteiger partial charge in [0.25, 0.3) is 0 Å². The number of amides is 1. The van der Waals surface area contributed by atoms with Gasteiger partial charge in [0.1, 0.15) is 12.4 Å². The predicted molar refractivity (Wildman–Crippen MR) is 129 cm³/mol. The normalized spacial score (nSPS) is 22.6. The van der Waals surface area contributed by atoms with Crippen molar-refractivity contribution >= 4 is 18.3 Å². The van der Waals surface area contributed by atoms with Gasteiger partial charge in [-0.15, -0.1) is 12.4 Å². The number of rotatable bonds is 10. The number of ether oxygens (including phenoxy) is 1. The van der Waals surface area contributed by atoms with E-state index in [1.54, 1.807) is 0 Å². The number of para-hydroxylation sites is 1. The van der Waals surface area contributed by atoms with Crippen LogP contribution in [0.2, 0.25) is 0 Å². The zero-order chi connectivity index (χ0) is 21.3. The van der Waals surface area contributed by atoms with Gasteiger partial charge in [0.2, 0.25) is 5.91 Å². The number of halogens is 1. The molecule has 2 N–H and O–H groups in total. The van der Waals surface area contributed by atoms with Crippen molar-refractivity contribution in [2.75, 3.05) is 32.8 Å². The second kappa shape index (κ2) is 12.8. The van der Waals surface area contributed by atoms with E-state index in [1.807, 2.05) is 48.8 Å². The molecule has 0 aliphatic carbocycles. The van der Waals surface area contributed by atoms with Crippen LogP contribution in [0.5, 0.6) is 5.75 Å². The van der Waals surface area contributed by atoms with Crippen LogP contribution in [0.3, 0.4) is 0 Å². The summed E-state index contributed by atoms with van der Waals surface area (Å²) in [5.74, 6) is 2.36. The molecule has 1 aromatic heterocycles. The van der Waals surface area contributed by atoms with Crippen molar-refractivity contribution in [3.63, 3.8) is 0 Å². The lowest BCUT2D eigenvalue weighted by molar-refractivity contribution is -0.121. The number of carbonyl (C=O) groups excluding carboxylic acids is 1. The molecule has 2 bridgehead atoms. The minimum Gasteiger partial charge on any atom is -0.492 e. The minimum atomic E-state index is 0. The highest BCUT2D eigenvalue weighted by molar-refractivity contribution is 5.85. The molecule has 1 aromatic carbocycles. The first-order valence-corrected chi connectivity index (χ1v) is 11.6. The van der Waals surface area contributed by atoms with E-state index in [0.29, 0.717) is 31.5 Å². The van der Waals surface area contributed by atoms with Crippen molar-refractivity contribution in [2.24, 2.45) is 11.8 Å². The van der Waals surface area contributed by atoms with Gasteiger partial charge in [-0.2, -0.15) is 0 Å². The minimum absolute atomic E-state index is 0. The molecule has 0 spiro atoms. The van der Waals surface area contributed by atoms with Crippen LogP contribution in [0, 0.1) is 11.8 Å². The van der Waals surface area contributed by atoms with E-state index >= 15 is 0 Å². The molecule has 0 saturated carbocycles. The topological polar surface area (TPSA) is 66.5 Å². The maximum Gasteiger partial charge on any atom is 0.220 e. The molecule has 0 radical (unpaired) electrons. The number of aromatic nitrogens is 1. The highest BCUT2D eigenvalue weighted by Crippen LogP contribution is 2.31. The van der Waals surface area contributed by atoms with Crippen molar-refractivity contribution in [1.82, 2.24) is 20.5 Å². The zero-order valence-corrected chi connectivity index (χ0v) is 19.4. The zero-order valence-electron chi connectivity index (χ0n) is 18.6. The molecule has 3 heterocycles. The Labute approximate surface area is 197 Å². The smallest absolute Gasteiger partial charge is 0.220 e. The number of benzene rings is 1. The Balaban J connectivity index is 0.00000289. The molecule has 2 saturated heterocycles. The summed E-state index contributed by atoms with van der Waals surface area (Å²) in [6.45, 7) is 5.42.